The number of rotatable bonds is 6. The molecular weight excluding hydrogens is 328 g/mol. The van der Waals surface area contributed by atoms with Gasteiger partial charge in [0.2, 0.25) is 0 Å². The first-order valence-electron chi connectivity index (χ1n) is 8.51. The van der Waals surface area contributed by atoms with Gasteiger partial charge in [-0.15, -0.1) is 0 Å². The molecule has 6 heteroatoms. The third-order valence-corrected chi connectivity index (χ3v) is 4.39. The molecule has 26 heavy (non-hydrogen) atoms. The van der Waals surface area contributed by atoms with E-state index in [2.05, 4.69) is 21.0 Å². The third-order valence-electron chi connectivity index (χ3n) is 4.39. The molecule has 132 valence electrons. The first-order chi connectivity index (χ1) is 12.7. The number of aliphatic hydroxyl groups excluding tert-OH is 1. The van der Waals surface area contributed by atoms with Crippen molar-refractivity contribution in [2.75, 3.05) is 0 Å². The molecule has 0 saturated heterocycles. The van der Waals surface area contributed by atoms with Crippen LogP contribution in [0.25, 0.3) is 16.7 Å². The van der Waals surface area contributed by atoms with Gasteiger partial charge in [0, 0.05) is 18.1 Å². The number of ether oxygens (including phenoxy) is 1. The number of aliphatic hydroxyl groups is 1. The number of H-pyrrole nitrogens is 1. The highest BCUT2D eigenvalue weighted by atomic mass is 16.5. The Balaban J connectivity index is 1.56. The zero-order valence-electron chi connectivity index (χ0n) is 14.5. The number of imidazole rings is 2. The van der Waals surface area contributed by atoms with Crippen LogP contribution >= 0.6 is 0 Å². The van der Waals surface area contributed by atoms with E-state index in [0.717, 1.165) is 33.7 Å². The summed E-state index contributed by atoms with van der Waals surface area (Å²) in [5, 5.41) is 9.27. The van der Waals surface area contributed by atoms with E-state index >= 15 is 0 Å². The van der Waals surface area contributed by atoms with E-state index in [-0.39, 0.29) is 12.7 Å². The number of nitrogens with zero attached hydrogens (tertiary/aromatic N) is 3. The molecule has 2 N–H and O–H groups in total. The molecular formula is C20H20N4O2. The highest BCUT2D eigenvalue weighted by Crippen LogP contribution is 2.21. The van der Waals surface area contributed by atoms with Crippen LogP contribution in [0.1, 0.15) is 30.0 Å². The number of benzene rings is 2. The summed E-state index contributed by atoms with van der Waals surface area (Å²) in [6.45, 7) is 2.49. The maximum Gasteiger partial charge on any atom is 0.135 e. The van der Waals surface area contributed by atoms with Crippen LogP contribution in [0, 0.1) is 0 Å². The minimum absolute atomic E-state index is 0.0173. The fraction of sp³-hybridized carbons (Fsp3) is 0.200. The van der Waals surface area contributed by atoms with Crippen LogP contribution in [0.3, 0.4) is 0 Å². The van der Waals surface area contributed by atoms with Gasteiger partial charge in [0.1, 0.15) is 18.3 Å². The third kappa shape index (κ3) is 3.24. The van der Waals surface area contributed by atoms with Crippen molar-refractivity contribution in [2.45, 2.75) is 26.2 Å². The quantitative estimate of drug-likeness (QED) is 0.559. The summed E-state index contributed by atoms with van der Waals surface area (Å²) in [6, 6.07) is 14.0. The summed E-state index contributed by atoms with van der Waals surface area (Å²) in [7, 11) is 0. The molecule has 0 amide bonds. The lowest BCUT2D eigenvalue weighted by molar-refractivity contribution is 0.0473. The molecule has 0 spiro atoms. The molecule has 4 rings (SSSR count). The molecule has 6 nitrogen and oxygen atoms in total. The topological polar surface area (TPSA) is 76.0 Å². The molecule has 0 radical (unpaired) electrons. The first-order valence-corrected chi connectivity index (χ1v) is 8.51. The lowest BCUT2D eigenvalue weighted by Gasteiger charge is -2.12. The van der Waals surface area contributed by atoms with Gasteiger partial charge >= 0.3 is 0 Å². The summed E-state index contributed by atoms with van der Waals surface area (Å²) >= 11 is 0. The van der Waals surface area contributed by atoms with Gasteiger partial charge in [-0.05, 0) is 42.3 Å². The van der Waals surface area contributed by atoms with Crippen molar-refractivity contribution in [1.82, 2.24) is 19.5 Å². The lowest BCUT2D eigenvalue weighted by Crippen LogP contribution is -2.03. The molecule has 0 fully saturated rings. The number of aromatic amines is 1. The van der Waals surface area contributed by atoms with E-state index in [1.54, 1.807) is 18.7 Å². The molecule has 2 aromatic carbocycles. The minimum atomic E-state index is -0.0976. The molecule has 0 bridgehead atoms. The highest BCUT2D eigenvalue weighted by Gasteiger charge is 2.09. The van der Waals surface area contributed by atoms with Crippen LogP contribution in [-0.2, 0) is 18.0 Å². The number of hydrogen-bond donors (Lipinski definition) is 2. The molecule has 2 aromatic heterocycles. The average Bonchev–Trinajstić information content (AvgIpc) is 3.35. The zero-order chi connectivity index (χ0) is 17.9. The number of aromatic nitrogens is 4. The Kier molecular flexibility index (Phi) is 4.51. The van der Waals surface area contributed by atoms with Crippen LogP contribution in [-0.4, -0.2) is 24.6 Å². The van der Waals surface area contributed by atoms with Crippen LogP contribution in [0.5, 0.6) is 0 Å². The molecule has 4 aromatic rings. The Morgan fingerprint density at radius 2 is 2.08 bits per heavy atom. The second kappa shape index (κ2) is 7.11. The smallest absolute Gasteiger partial charge is 0.135 e. The second-order valence-corrected chi connectivity index (χ2v) is 6.19. The molecule has 0 aliphatic carbocycles. The van der Waals surface area contributed by atoms with Crippen molar-refractivity contribution >= 4 is 11.0 Å². The predicted octanol–water partition coefficient (Wildman–Crippen LogP) is 3.52. The van der Waals surface area contributed by atoms with Gasteiger partial charge in [0.25, 0.3) is 0 Å². The van der Waals surface area contributed by atoms with Crippen molar-refractivity contribution in [3.8, 4) is 5.69 Å². The Hall–Kier alpha value is -2.96. The van der Waals surface area contributed by atoms with Crippen molar-refractivity contribution in [2.24, 2.45) is 0 Å². The number of fused-ring (bicyclic) bond motifs is 1. The normalized spacial score (nSPS) is 12.5. The van der Waals surface area contributed by atoms with Crippen molar-refractivity contribution < 1.29 is 9.84 Å². The Morgan fingerprint density at radius 3 is 2.88 bits per heavy atom. The summed E-state index contributed by atoms with van der Waals surface area (Å²) in [5.41, 5.74) is 4.83. The van der Waals surface area contributed by atoms with Crippen molar-refractivity contribution in [3.05, 3.63) is 78.1 Å². The summed E-state index contributed by atoms with van der Waals surface area (Å²) in [5.74, 6) is 0.821. The van der Waals surface area contributed by atoms with Crippen LogP contribution < -0.4 is 0 Å². The molecule has 1 atom stereocenters. The largest absolute Gasteiger partial charge is 0.392 e. The first kappa shape index (κ1) is 16.5. The van der Waals surface area contributed by atoms with E-state index in [1.165, 1.54) is 0 Å². The van der Waals surface area contributed by atoms with E-state index in [1.807, 2.05) is 47.9 Å². The maximum atomic E-state index is 9.27. The maximum absolute atomic E-state index is 9.27. The fourth-order valence-corrected chi connectivity index (χ4v) is 2.96. The Bertz CT molecular complexity index is 1010. The second-order valence-electron chi connectivity index (χ2n) is 6.19. The van der Waals surface area contributed by atoms with E-state index in [9.17, 15) is 5.11 Å². The van der Waals surface area contributed by atoms with Crippen molar-refractivity contribution in [3.63, 3.8) is 0 Å². The van der Waals surface area contributed by atoms with Crippen LogP contribution in [0.4, 0.5) is 0 Å². The SMILES string of the molecule is CC(OCc1cccc(-n2cnc3cc(CO)ccc32)c1)c1ncc[nH]1. The van der Waals surface area contributed by atoms with E-state index in [0.29, 0.717) is 6.61 Å². The van der Waals surface area contributed by atoms with Crippen molar-refractivity contribution in [1.29, 1.82) is 0 Å². The Labute approximate surface area is 151 Å². The summed E-state index contributed by atoms with van der Waals surface area (Å²) in [4.78, 5) is 11.7. The molecule has 0 saturated carbocycles. The summed E-state index contributed by atoms with van der Waals surface area (Å²) in [6.07, 6.45) is 5.22. The number of hydrogen-bond acceptors (Lipinski definition) is 4. The van der Waals surface area contributed by atoms with Crippen LogP contribution in [0.15, 0.2) is 61.2 Å². The molecule has 0 aliphatic rings. The van der Waals surface area contributed by atoms with E-state index in [4.69, 9.17) is 4.74 Å². The zero-order valence-corrected chi connectivity index (χ0v) is 14.5. The standard InChI is InChI=1S/C20H20N4O2/c1-14(20-21-7-8-22-20)26-12-16-3-2-4-17(9-16)24-13-23-18-10-15(11-25)5-6-19(18)24/h2-10,13-14,25H,11-12H2,1H3,(H,21,22). The van der Waals surface area contributed by atoms with Gasteiger partial charge in [-0.2, -0.15) is 0 Å². The van der Waals surface area contributed by atoms with Gasteiger partial charge in [0.05, 0.1) is 24.2 Å². The Morgan fingerprint density at radius 1 is 1.15 bits per heavy atom. The predicted molar refractivity (Wildman–Crippen MR) is 98.8 cm³/mol. The summed E-state index contributed by atoms with van der Waals surface area (Å²) < 4.78 is 7.95. The average molecular weight is 348 g/mol. The molecule has 1 unspecified atom stereocenters. The van der Waals surface area contributed by atoms with Gasteiger partial charge in [-0.1, -0.05) is 18.2 Å². The number of nitrogens with one attached hydrogen (secondary N) is 1. The highest BCUT2D eigenvalue weighted by molar-refractivity contribution is 5.78. The monoisotopic (exact) mass is 348 g/mol. The van der Waals surface area contributed by atoms with Gasteiger partial charge in [-0.3, -0.25) is 4.57 Å². The minimum Gasteiger partial charge on any atom is -0.392 e. The van der Waals surface area contributed by atoms with Crippen LogP contribution in [0.2, 0.25) is 0 Å². The fourth-order valence-electron chi connectivity index (χ4n) is 2.96. The van der Waals surface area contributed by atoms with Gasteiger partial charge < -0.3 is 14.8 Å². The lowest BCUT2D eigenvalue weighted by atomic mass is 10.2. The molecule has 2 heterocycles. The van der Waals surface area contributed by atoms with Gasteiger partial charge in [-0.25, -0.2) is 9.97 Å². The van der Waals surface area contributed by atoms with Gasteiger partial charge in [0.15, 0.2) is 0 Å². The molecule has 0 aliphatic heterocycles. The van der Waals surface area contributed by atoms with E-state index < -0.39 is 0 Å².